The first kappa shape index (κ1) is 23.2. The summed E-state index contributed by atoms with van der Waals surface area (Å²) in [5, 5.41) is 0. The first-order valence-electron chi connectivity index (χ1n) is 10.7. The van der Waals surface area contributed by atoms with Gasteiger partial charge >= 0.3 is 5.97 Å². The predicted molar refractivity (Wildman–Crippen MR) is 112 cm³/mol. The van der Waals surface area contributed by atoms with Crippen molar-refractivity contribution in [3.8, 4) is 0 Å². The zero-order valence-electron chi connectivity index (χ0n) is 17.3. The summed E-state index contributed by atoms with van der Waals surface area (Å²) in [4.78, 5) is 25.9. The summed E-state index contributed by atoms with van der Waals surface area (Å²) in [5.41, 5.74) is 0.930. The highest BCUT2D eigenvalue weighted by Gasteiger charge is 2.13. The third-order valence-electron chi connectivity index (χ3n) is 4.72. The Kier molecular flexibility index (Phi) is 13.1. The fraction of sp³-hybridized carbons (Fsp3) is 0.652. The molecule has 0 aromatic heterocycles. The SMILES string of the molecule is CCCCCCCCCOC(=O)CCCCC(=O)N(CC)c1ccccc1. The smallest absolute Gasteiger partial charge is 0.305 e. The van der Waals surface area contributed by atoms with Crippen molar-refractivity contribution in [3.05, 3.63) is 30.3 Å². The molecule has 4 heteroatoms. The molecular formula is C23H37NO3. The van der Waals surface area contributed by atoms with Gasteiger partial charge in [0, 0.05) is 25.1 Å². The van der Waals surface area contributed by atoms with E-state index < -0.39 is 0 Å². The second-order valence-electron chi connectivity index (χ2n) is 7.02. The molecule has 1 rings (SSSR count). The van der Waals surface area contributed by atoms with Crippen molar-refractivity contribution in [1.29, 1.82) is 0 Å². The van der Waals surface area contributed by atoms with Gasteiger partial charge in [0.25, 0.3) is 0 Å². The van der Waals surface area contributed by atoms with Crippen molar-refractivity contribution in [2.75, 3.05) is 18.1 Å². The minimum absolute atomic E-state index is 0.111. The molecule has 0 unspecified atom stereocenters. The normalized spacial score (nSPS) is 10.6. The number of nitrogens with zero attached hydrogens (tertiary/aromatic N) is 1. The predicted octanol–water partition coefficient (Wildman–Crippen LogP) is 5.89. The summed E-state index contributed by atoms with van der Waals surface area (Å²) in [5.74, 6) is -0.0241. The van der Waals surface area contributed by atoms with Crippen LogP contribution >= 0.6 is 0 Å². The Labute approximate surface area is 165 Å². The average Bonchev–Trinajstić information content (AvgIpc) is 2.69. The molecule has 0 heterocycles. The first-order chi connectivity index (χ1) is 13.2. The molecule has 0 radical (unpaired) electrons. The van der Waals surface area contributed by atoms with Crippen LogP contribution in [0.5, 0.6) is 0 Å². The second kappa shape index (κ2) is 15.2. The fourth-order valence-corrected chi connectivity index (χ4v) is 3.11. The van der Waals surface area contributed by atoms with Crippen molar-refractivity contribution in [2.24, 2.45) is 0 Å². The van der Waals surface area contributed by atoms with E-state index in [1.165, 1.54) is 32.1 Å². The monoisotopic (exact) mass is 375 g/mol. The Balaban J connectivity index is 2.06. The third-order valence-corrected chi connectivity index (χ3v) is 4.72. The summed E-state index contributed by atoms with van der Waals surface area (Å²) in [6, 6.07) is 9.71. The number of hydrogen-bond donors (Lipinski definition) is 0. The Morgan fingerprint density at radius 2 is 1.44 bits per heavy atom. The standard InChI is InChI=1S/C23H37NO3/c1-3-5-6-7-8-9-15-20-27-23(26)19-14-13-18-22(25)24(4-2)21-16-11-10-12-17-21/h10-12,16-17H,3-9,13-15,18-20H2,1-2H3. The fourth-order valence-electron chi connectivity index (χ4n) is 3.11. The molecular weight excluding hydrogens is 338 g/mol. The van der Waals surface area contributed by atoms with Gasteiger partial charge in [-0.05, 0) is 38.3 Å². The van der Waals surface area contributed by atoms with Crippen molar-refractivity contribution in [2.45, 2.75) is 84.5 Å². The Morgan fingerprint density at radius 3 is 2.11 bits per heavy atom. The lowest BCUT2D eigenvalue weighted by Crippen LogP contribution is -2.30. The maximum atomic E-state index is 12.4. The Bertz CT molecular complexity index is 516. The summed E-state index contributed by atoms with van der Waals surface area (Å²) < 4.78 is 5.28. The molecule has 4 nitrogen and oxygen atoms in total. The molecule has 0 fully saturated rings. The second-order valence-corrected chi connectivity index (χ2v) is 7.02. The van der Waals surface area contributed by atoms with E-state index in [4.69, 9.17) is 4.74 Å². The van der Waals surface area contributed by atoms with Gasteiger partial charge in [-0.1, -0.05) is 63.6 Å². The minimum atomic E-state index is -0.135. The lowest BCUT2D eigenvalue weighted by molar-refractivity contribution is -0.144. The highest BCUT2D eigenvalue weighted by molar-refractivity contribution is 5.93. The molecule has 1 aromatic carbocycles. The number of anilines is 1. The summed E-state index contributed by atoms with van der Waals surface area (Å²) in [7, 11) is 0. The lowest BCUT2D eigenvalue weighted by Gasteiger charge is -2.20. The minimum Gasteiger partial charge on any atom is -0.466 e. The number of unbranched alkanes of at least 4 members (excludes halogenated alkanes) is 7. The van der Waals surface area contributed by atoms with E-state index in [0.717, 1.165) is 18.5 Å². The van der Waals surface area contributed by atoms with Gasteiger partial charge in [0.15, 0.2) is 0 Å². The van der Waals surface area contributed by atoms with E-state index in [-0.39, 0.29) is 11.9 Å². The number of hydrogen-bond acceptors (Lipinski definition) is 3. The van der Waals surface area contributed by atoms with Gasteiger partial charge in [0.1, 0.15) is 0 Å². The summed E-state index contributed by atoms with van der Waals surface area (Å²) in [6.07, 6.45) is 10.8. The van der Waals surface area contributed by atoms with Crippen molar-refractivity contribution in [3.63, 3.8) is 0 Å². The molecule has 0 bridgehead atoms. The quantitative estimate of drug-likeness (QED) is 0.283. The van der Waals surface area contributed by atoms with E-state index >= 15 is 0 Å². The summed E-state index contributed by atoms with van der Waals surface area (Å²) in [6.45, 7) is 5.39. The van der Waals surface area contributed by atoms with Gasteiger partial charge in [-0.3, -0.25) is 9.59 Å². The molecule has 0 aliphatic rings. The van der Waals surface area contributed by atoms with Crippen LogP contribution in [0, 0.1) is 0 Å². The highest BCUT2D eigenvalue weighted by atomic mass is 16.5. The zero-order valence-corrected chi connectivity index (χ0v) is 17.3. The van der Waals surface area contributed by atoms with E-state index in [1.807, 2.05) is 37.3 Å². The van der Waals surface area contributed by atoms with Crippen LogP contribution < -0.4 is 4.90 Å². The average molecular weight is 376 g/mol. The topological polar surface area (TPSA) is 46.6 Å². The van der Waals surface area contributed by atoms with Gasteiger partial charge < -0.3 is 9.64 Å². The number of ether oxygens (including phenoxy) is 1. The van der Waals surface area contributed by atoms with Gasteiger partial charge in [0.05, 0.1) is 6.61 Å². The third kappa shape index (κ3) is 10.8. The van der Waals surface area contributed by atoms with E-state index in [2.05, 4.69) is 6.92 Å². The van der Waals surface area contributed by atoms with E-state index in [9.17, 15) is 9.59 Å². The molecule has 0 aliphatic carbocycles. The molecule has 0 saturated heterocycles. The molecule has 1 amide bonds. The van der Waals surface area contributed by atoms with Crippen molar-refractivity contribution < 1.29 is 14.3 Å². The van der Waals surface area contributed by atoms with Gasteiger partial charge in [-0.15, -0.1) is 0 Å². The molecule has 0 N–H and O–H groups in total. The van der Waals surface area contributed by atoms with Crippen LogP contribution in [0.25, 0.3) is 0 Å². The van der Waals surface area contributed by atoms with Gasteiger partial charge in [0.2, 0.25) is 5.91 Å². The zero-order chi connectivity index (χ0) is 19.7. The number of esters is 1. The van der Waals surface area contributed by atoms with E-state index in [1.54, 1.807) is 4.90 Å². The van der Waals surface area contributed by atoms with Crippen LogP contribution in [-0.4, -0.2) is 25.0 Å². The number of para-hydroxylation sites is 1. The van der Waals surface area contributed by atoms with Crippen LogP contribution in [-0.2, 0) is 14.3 Å². The van der Waals surface area contributed by atoms with Gasteiger partial charge in [-0.25, -0.2) is 0 Å². The summed E-state index contributed by atoms with van der Waals surface area (Å²) >= 11 is 0. The van der Waals surface area contributed by atoms with Crippen LogP contribution in [0.3, 0.4) is 0 Å². The molecule has 0 atom stereocenters. The van der Waals surface area contributed by atoms with Crippen molar-refractivity contribution in [1.82, 2.24) is 0 Å². The van der Waals surface area contributed by atoms with Crippen LogP contribution in [0.15, 0.2) is 30.3 Å². The number of carbonyl (C=O) groups excluding carboxylic acids is 2. The van der Waals surface area contributed by atoms with Crippen molar-refractivity contribution >= 4 is 17.6 Å². The number of carbonyl (C=O) groups is 2. The Hall–Kier alpha value is -1.84. The maximum absolute atomic E-state index is 12.4. The largest absolute Gasteiger partial charge is 0.466 e. The van der Waals surface area contributed by atoms with Gasteiger partial charge in [-0.2, -0.15) is 0 Å². The van der Waals surface area contributed by atoms with Crippen LogP contribution in [0.4, 0.5) is 5.69 Å². The highest BCUT2D eigenvalue weighted by Crippen LogP contribution is 2.15. The number of amides is 1. The first-order valence-corrected chi connectivity index (χ1v) is 10.7. The maximum Gasteiger partial charge on any atom is 0.305 e. The number of benzene rings is 1. The molecule has 0 spiro atoms. The molecule has 1 aromatic rings. The Morgan fingerprint density at radius 1 is 0.815 bits per heavy atom. The lowest BCUT2D eigenvalue weighted by atomic mass is 10.1. The van der Waals surface area contributed by atoms with E-state index in [0.29, 0.717) is 38.8 Å². The molecule has 0 saturated carbocycles. The molecule has 0 aliphatic heterocycles. The molecule has 27 heavy (non-hydrogen) atoms. The number of rotatable bonds is 15. The molecule has 152 valence electrons. The van der Waals surface area contributed by atoms with Crippen LogP contribution in [0.2, 0.25) is 0 Å². The van der Waals surface area contributed by atoms with Crippen LogP contribution in [0.1, 0.15) is 84.5 Å².